The van der Waals surface area contributed by atoms with E-state index in [1.807, 2.05) is 0 Å². The highest BCUT2D eigenvalue weighted by Crippen LogP contribution is 2.13. The van der Waals surface area contributed by atoms with E-state index >= 15 is 0 Å². The first-order valence-electron chi connectivity index (χ1n) is 7.87. The third kappa shape index (κ3) is 5.95. The molecule has 0 saturated heterocycles. The SMILES string of the molecule is CC(C)NS(=O)(=O)Cc1ccccc1CNC(=O)c1cccc(F)c1. The van der Waals surface area contributed by atoms with E-state index in [2.05, 4.69) is 10.0 Å². The average molecular weight is 364 g/mol. The number of benzene rings is 2. The zero-order chi connectivity index (χ0) is 18.4. The Morgan fingerprint density at radius 2 is 1.76 bits per heavy atom. The standard InChI is InChI=1S/C18H21FN2O3S/c1-13(2)21-25(23,24)12-16-7-4-3-6-15(16)11-20-18(22)14-8-5-9-17(19)10-14/h3-10,13,21H,11-12H2,1-2H3,(H,20,22). The molecule has 0 heterocycles. The van der Waals surface area contributed by atoms with Gasteiger partial charge in [0.25, 0.3) is 5.91 Å². The van der Waals surface area contributed by atoms with Gasteiger partial charge in [-0.1, -0.05) is 30.3 Å². The molecular weight excluding hydrogens is 343 g/mol. The van der Waals surface area contributed by atoms with Gasteiger partial charge in [-0.05, 0) is 43.2 Å². The molecule has 134 valence electrons. The Bertz CT molecular complexity index is 851. The number of halogens is 1. The van der Waals surface area contributed by atoms with Crippen LogP contribution in [0.3, 0.4) is 0 Å². The lowest BCUT2D eigenvalue weighted by molar-refractivity contribution is 0.0950. The number of carbonyl (C=O) groups is 1. The van der Waals surface area contributed by atoms with Crippen LogP contribution >= 0.6 is 0 Å². The van der Waals surface area contributed by atoms with Crippen LogP contribution in [0.1, 0.15) is 35.3 Å². The minimum absolute atomic E-state index is 0.155. The highest BCUT2D eigenvalue weighted by atomic mass is 32.2. The summed E-state index contributed by atoms with van der Waals surface area (Å²) in [6, 6.07) is 12.2. The van der Waals surface area contributed by atoms with Crippen molar-refractivity contribution in [3.63, 3.8) is 0 Å². The summed E-state index contributed by atoms with van der Waals surface area (Å²) in [4.78, 5) is 12.1. The second kappa shape index (κ2) is 8.22. The Morgan fingerprint density at radius 1 is 1.08 bits per heavy atom. The van der Waals surface area contributed by atoms with Crippen LogP contribution in [0.2, 0.25) is 0 Å². The van der Waals surface area contributed by atoms with Gasteiger partial charge < -0.3 is 5.32 Å². The maximum Gasteiger partial charge on any atom is 0.251 e. The molecule has 1 amide bonds. The van der Waals surface area contributed by atoms with Crippen LogP contribution in [0.25, 0.3) is 0 Å². The van der Waals surface area contributed by atoms with E-state index in [-0.39, 0.29) is 23.9 Å². The van der Waals surface area contributed by atoms with E-state index in [0.717, 1.165) is 6.07 Å². The molecule has 0 unspecified atom stereocenters. The molecule has 0 atom stereocenters. The summed E-state index contributed by atoms with van der Waals surface area (Å²) in [6.45, 7) is 3.66. The van der Waals surface area contributed by atoms with E-state index in [0.29, 0.717) is 11.1 Å². The molecule has 5 nitrogen and oxygen atoms in total. The van der Waals surface area contributed by atoms with E-state index in [4.69, 9.17) is 0 Å². The summed E-state index contributed by atoms with van der Waals surface area (Å²) >= 11 is 0. The van der Waals surface area contributed by atoms with Crippen molar-refractivity contribution in [2.75, 3.05) is 0 Å². The van der Waals surface area contributed by atoms with Crippen LogP contribution in [0.5, 0.6) is 0 Å². The number of sulfonamides is 1. The molecule has 0 aromatic heterocycles. The topological polar surface area (TPSA) is 75.3 Å². The molecule has 0 radical (unpaired) electrons. The van der Waals surface area contributed by atoms with E-state index < -0.39 is 21.7 Å². The zero-order valence-electron chi connectivity index (χ0n) is 14.1. The Hall–Kier alpha value is -2.25. The summed E-state index contributed by atoms with van der Waals surface area (Å²) in [5.74, 6) is -1.08. The van der Waals surface area contributed by atoms with Crippen molar-refractivity contribution in [1.82, 2.24) is 10.0 Å². The summed E-state index contributed by atoms with van der Waals surface area (Å²) in [5.41, 5.74) is 1.52. The largest absolute Gasteiger partial charge is 0.348 e. The van der Waals surface area contributed by atoms with Crippen LogP contribution < -0.4 is 10.0 Å². The molecule has 0 aliphatic heterocycles. The molecule has 0 saturated carbocycles. The van der Waals surface area contributed by atoms with Crippen molar-refractivity contribution >= 4 is 15.9 Å². The lowest BCUT2D eigenvalue weighted by Gasteiger charge is -2.13. The lowest BCUT2D eigenvalue weighted by Crippen LogP contribution is -2.32. The highest BCUT2D eigenvalue weighted by Gasteiger charge is 2.15. The highest BCUT2D eigenvalue weighted by molar-refractivity contribution is 7.88. The average Bonchev–Trinajstić information content (AvgIpc) is 2.52. The monoisotopic (exact) mass is 364 g/mol. The van der Waals surface area contributed by atoms with Gasteiger partial charge in [-0.15, -0.1) is 0 Å². The lowest BCUT2D eigenvalue weighted by atomic mass is 10.1. The van der Waals surface area contributed by atoms with Gasteiger partial charge in [0.15, 0.2) is 0 Å². The number of hydrogen-bond acceptors (Lipinski definition) is 3. The molecule has 2 aromatic rings. The summed E-state index contributed by atoms with van der Waals surface area (Å²) in [7, 11) is -3.47. The molecule has 25 heavy (non-hydrogen) atoms. The van der Waals surface area contributed by atoms with Gasteiger partial charge in [0, 0.05) is 18.2 Å². The number of amides is 1. The van der Waals surface area contributed by atoms with Crippen molar-refractivity contribution in [1.29, 1.82) is 0 Å². The summed E-state index contributed by atoms with van der Waals surface area (Å²) in [5, 5.41) is 2.69. The maximum atomic E-state index is 13.2. The van der Waals surface area contributed by atoms with Gasteiger partial charge in [0.2, 0.25) is 10.0 Å². The van der Waals surface area contributed by atoms with Crippen molar-refractivity contribution in [2.24, 2.45) is 0 Å². The number of nitrogens with one attached hydrogen (secondary N) is 2. The van der Waals surface area contributed by atoms with Crippen LogP contribution in [-0.2, 0) is 22.3 Å². The first-order chi connectivity index (χ1) is 11.8. The predicted octanol–water partition coefficient (Wildman–Crippen LogP) is 2.58. The second-order valence-corrected chi connectivity index (χ2v) is 7.75. The zero-order valence-corrected chi connectivity index (χ0v) is 14.9. The molecule has 0 fully saturated rings. The van der Waals surface area contributed by atoms with E-state index in [1.165, 1.54) is 18.2 Å². The van der Waals surface area contributed by atoms with Crippen LogP contribution in [0.4, 0.5) is 4.39 Å². The molecule has 2 N–H and O–H groups in total. The molecule has 2 aromatic carbocycles. The van der Waals surface area contributed by atoms with Gasteiger partial charge in [0.05, 0.1) is 5.75 Å². The first kappa shape index (κ1) is 19.1. The summed E-state index contributed by atoms with van der Waals surface area (Å²) in [6.07, 6.45) is 0. The Labute approximate surface area is 147 Å². The molecule has 2 rings (SSSR count). The molecule has 0 bridgehead atoms. The number of carbonyl (C=O) groups excluding carboxylic acids is 1. The fourth-order valence-corrected chi connectivity index (χ4v) is 3.88. The fraction of sp³-hybridized carbons (Fsp3) is 0.278. The Morgan fingerprint density at radius 3 is 2.40 bits per heavy atom. The van der Waals surface area contributed by atoms with Gasteiger partial charge in [-0.25, -0.2) is 17.5 Å². The Balaban J connectivity index is 2.09. The molecule has 0 aliphatic rings. The maximum absolute atomic E-state index is 13.2. The molecule has 7 heteroatoms. The van der Waals surface area contributed by atoms with Crippen molar-refractivity contribution in [2.45, 2.75) is 32.2 Å². The summed E-state index contributed by atoms with van der Waals surface area (Å²) < 4.78 is 40.0. The van der Waals surface area contributed by atoms with E-state index in [1.54, 1.807) is 38.1 Å². The number of rotatable bonds is 7. The normalized spacial score (nSPS) is 11.5. The van der Waals surface area contributed by atoms with Gasteiger partial charge in [-0.3, -0.25) is 4.79 Å². The number of hydrogen-bond donors (Lipinski definition) is 2. The predicted molar refractivity (Wildman–Crippen MR) is 94.9 cm³/mol. The Kier molecular flexibility index (Phi) is 6.27. The first-order valence-corrected chi connectivity index (χ1v) is 9.52. The van der Waals surface area contributed by atoms with Crippen LogP contribution in [0.15, 0.2) is 48.5 Å². The van der Waals surface area contributed by atoms with Gasteiger partial charge in [-0.2, -0.15) is 0 Å². The van der Waals surface area contributed by atoms with Crippen molar-refractivity contribution in [3.8, 4) is 0 Å². The van der Waals surface area contributed by atoms with Crippen LogP contribution in [-0.4, -0.2) is 20.4 Å². The van der Waals surface area contributed by atoms with Crippen molar-refractivity contribution < 1.29 is 17.6 Å². The van der Waals surface area contributed by atoms with Gasteiger partial charge in [0.1, 0.15) is 5.82 Å². The third-order valence-electron chi connectivity index (χ3n) is 3.41. The van der Waals surface area contributed by atoms with Crippen LogP contribution in [0, 0.1) is 5.82 Å². The molecule has 0 spiro atoms. The molecular formula is C18H21FN2O3S. The minimum atomic E-state index is -3.47. The minimum Gasteiger partial charge on any atom is -0.348 e. The third-order valence-corrected chi connectivity index (χ3v) is 4.93. The smallest absolute Gasteiger partial charge is 0.251 e. The fourth-order valence-electron chi connectivity index (χ4n) is 2.38. The van der Waals surface area contributed by atoms with Gasteiger partial charge >= 0.3 is 0 Å². The second-order valence-electron chi connectivity index (χ2n) is 5.99. The van der Waals surface area contributed by atoms with E-state index in [9.17, 15) is 17.6 Å². The van der Waals surface area contributed by atoms with Crippen molar-refractivity contribution in [3.05, 3.63) is 71.0 Å². The molecule has 0 aliphatic carbocycles. The quantitative estimate of drug-likeness (QED) is 0.793.